The van der Waals surface area contributed by atoms with Gasteiger partial charge < -0.3 is 26.0 Å². The zero-order valence-electron chi connectivity index (χ0n) is 16.3. The van der Waals surface area contributed by atoms with Crippen LogP contribution in [0.3, 0.4) is 0 Å². The second kappa shape index (κ2) is 9.07. The highest BCUT2D eigenvalue weighted by atomic mass is 16.4. The molecule has 30 heavy (non-hydrogen) atoms. The molecule has 1 aliphatic heterocycles. The van der Waals surface area contributed by atoms with Crippen LogP contribution in [0.25, 0.3) is 11.0 Å². The lowest BCUT2D eigenvalue weighted by atomic mass is 10.2. The number of nitrogens with one attached hydrogen (secondary N) is 4. The molecule has 158 valence electrons. The van der Waals surface area contributed by atoms with E-state index in [4.69, 9.17) is 5.11 Å². The average molecular weight is 414 g/mol. The van der Waals surface area contributed by atoms with E-state index in [9.17, 15) is 19.2 Å². The first kappa shape index (κ1) is 20.8. The third-order valence-corrected chi connectivity index (χ3v) is 4.47. The minimum Gasteiger partial charge on any atom is -0.481 e. The van der Waals surface area contributed by atoms with E-state index in [1.54, 1.807) is 6.08 Å². The highest BCUT2D eigenvalue weighted by Gasteiger charge is 2.34. The number of fused-ring (bicyclic) bond motifs is 1. The number of H-pyrrole nitrogens is 1. The number of nitrogens with zero attached hydrogens (tertiary/aromatic N) is 2. The van der Waals surface area contributed by atoms with Crippen molar-refractivity contribution in [2.75, 3.05) is 25.0 Å². The number of aliphatic carboxylic acids is 1. The van der Waals surface area contributed by atoms with Crippen LogP contribution in [0.4, 0.5) is 10.7 Å². The van der Waals surface area contributed by atoms with Crippen LogP contribution in [0.1, 0.15) is 13.3 Å². The summed E-state index contributed by atoms with van der Waals surface area (Å²) >= 11 is 0. The number of carbonyl (C=O) groups is 4. The number of hydrogen-bond acceptors (Lipinski definition) is 6. The number of urea groups is 1. The van der Waals surface area contributed by atoms with Gasteiger partial charge in [-0.25, -0.2) is 14.7 Å². The summed E-state index contributed by atoms with van der Waals surface area (Å²) in [5.74, 6) is -2.44. The largest absolute Gasteiger partial charge is 0.481 e. The molecule has 4 amide bonds. The normalized spacial score (nSPS) is 16.0. The fraction of sp³-hybridized carbons (Fsp3) is 0.316. The maximum absolute atomic E-state index is 12.3. The second-order valence-corrected chi connectivity index (χ2v) is 6.80. The second-order valence-electron chi connectivity index (χ2n) is 6.80. The SMILES string of the molecule is C[C@@H](CNC(=O)CN1C(=O)N/C(=C\CCNc2nc3ccccc3[nH]2)C1=O)C(=O)O. The van der Waals surface area contributed by atoms with Gasteiger partial charge in [0.1, 0.15) is 12.2 Å². The molecule has 0 unspecified atom stereocenters. The summed E-state index contributed by atoms with van der Waals surface area (Å²) in [6.45, 7) is 1.34. The van der Waals surface area contributed by atoms with Gasteiger partial charge in [-0.05, 0) is 18.6 Å². The van der Waals surface area contributed by atoms with Gasteiger partial charge in [0, 0.05) is 13.1 Å². The van der Waals surface area contributed by atoms with E-state index in [0.717, 1.165) is 15.9 Å². The van der Waals surface area contributed by atoms with Crippen molar-refractivity contribution in [2.24, 2.45) is 5.92 Å². The Labute approximate surface area is 171 Å². The van der Waals surface area contributed by atoms with Gasteiger partial charge in [0.25, 0.3) is 5.91 Å². The molecule has 0 bridgehead atoms. The molecular weight excluding hydrogens is 392 g/mol. The van der Waals surface area contributed by atoms with Crippen molar-refractivity contribution in [3.63, 3.8) is 0 Å². The minimum absolute atomic E-state index is 0.0893. The highest BCUT2D eigenvalue weighted by Crippen LogP contribution is 2.14. The Kier molecular flexibility index (Phi) is 6.30. The van der Waals surface area contributed by atoms with Crippen LogP contribution in [0.15, 0.2) is 36.0 Å². The summed E-state index contributed by atoms with van der Waals surface area (Å²) in [7, 11) is 0. The Bertz CT molecular complexity index is 981. The first-order valence-electron chi connectivity index (χ1n) is 9.36. The minimum atomic E-state index is -1.05. The number of imidazole rings is 1. The number of amides is 4. The van der Waals surface area contributed by atoms with Crippen molar-refractivity contribution in [1.82, 2.24) is 25.5 Å². The third kappa shape index (κ3) is 4.93. The van der Waals surface area contributed by atoms with Crippen LogP contribution in [-0.4, -0.2) is 63.4 Å². The first-order valence-corrected chi connectivity index (χ1v) is 9.36. The Balaban J connectivity index is 1.48. The molecule has 1 aromatic carbocycles. The van der Waals surface area contributed by atoms with Gasteiger partial charge in [0.05, 0.1) is 17.0 Å². The Hall–Kier alpha value is -3.89. The van der Waals surface area contributed by atoms with E-state index >= 15 is 0 Å². The summed E-state index contributed by atoms with van der Waals surface area (Å²) in [5, 5.41) is 16.7. The van der Waals surface area contributed by atoms with Gasteiger partial charge in [0.15, 0.2) is 0 Å². The smallest absolute Gasteiger partial charge is 0.329 e. The first-order chi connectivity index (χ1) is 14.3. The molecule has 1 aliphatic rings. The number of carboxylic acid groups (broad SMARTS) is 1. The van der Waals surface area contributed by atoms with Crippen molar-refractivity contribution >= 4 is 40.8 Å². The zero-order chi connectivity index (χ0) is 21.7. The van der Waals surface area contributed by atoms with Crippen molar-refractivity contribution in [3.8, 4) is 0 Å². The van der Waals surface area contributed by atoms with Crippen LogP contribution >= 0.6 is 0 Å². The van der Waals surface area contributed by atoms with Gasteiger partial charge in [0.2, 0.25) is 11.9 Å². The molecule has 1 aromatic heterocycles. The van der Waals surface area contributed by atoms with E-state index < -0.39 is 36.3 Å². The van der Waals surface area contributed by atoms with E-state index in [-0.39, 0.29) is 12.2 Å². The number of carbonyl (C=O) groups excluding carboxylic acids is 3. The molecule has 5 N–H and O–H groups in total. The molecule has 11 nitrogen and oxygen atoms in total. The molecule has 11 heteroatoms. The van der Waals surface area contributed by atoms with Gasteiger partial charge >= 0.3 is 12.0 Å². The highest BCUT2D eigenvalue weighted by molar-refractivity contribution is 6.13. The van der Waals surface area contributed by atoms with Gasteiger partial charge in [-0.3, -0.25) is 14.4 Å². The number of aromatic nitrogens is 2. The van der Waals surface area contributed by atoms with E-state index in [2.05, 4.69) is 25.9 Å². The van der Waals surface area contributed by atoms with Gasteiger partial charge in [-0.15, -0.1) is 0 Å². The lowest BCUT2D eigenvalue weighted by Gasteiger charge is -2.13. The van der Waals surface area contributed by atoms with Gasteiger partial charge in [-0.1, -0.05) is 25.1 Å². The van der Waals surface area contributed by atoms with Crippen molar-refractivity contribution in [2.45, 2.75) is 13.3 Å². The molecule has 1 saturated heterocycles. The van der Waals surface area contributed by atoms with Crippen LogP contribution in [-0.2, 0) is 14.4 Å². The predicted octanol–water partition coefficient (Wildman–Crippen LogP) is 0.637. The molecule has 0 aliphatic carbocycles. The fourth-order valence-electron chi connectivity index (χ4n) is 2.75. The number of imide groups is 1. The molecule has 0 spiro atoms. The summed E-state index contributed by atoms with van der Waals surface area (Å²) in [6, 6.07) is 6.90. The molecule has 3 rings (SSSR count). The quantitative estimate of drug-likeness (QED) is 0.229. The maximum atomic E-state index is 12.3. The number of benzene rings is 1. The maximum Gasteiger partial charge on any atom is 0.329 e. The van der Waals surface area contributed by atoms with Gasteiger partial charge in [-0.2, -0.15) is 0 Å². The third-order valence-electron chi connectivity index (χ3n) is 4.47. The summed E-state index contributed by atoms with van der Waals surface area (Å²) in [6.07, 6.45) is 2.01. The van der Waals surface area contributed by atoms with E-state index in [0.29, 0.717) is 18.9 Å². The Morgan fingerprint density at radius 1 is 1.30 bits per heavy atom. The molecule has 0 radical (unpaired) electrons. The monoisotopic (exact) mass is 414 g/mol. The molecular formula is C19H22N6O5. The molecule has 0 saturated carbocycles. The van der Waals surface area contributed by atoms with Crippen LogP contribution in [0, 0.1) is 5.92 Å². The molecule has 2 aromatic rings. The summed E-state index contributed by atoms with van der Waals surface area (Å²) in [5.41, 5.74) is 1.84. The van der Waals surface area contributed by atoms with E-state index in [1.165, 1.54) is 6.92 Å². The number of anilines is 1. The lowest BCUT2D eigenvalue weighted by molar-refractivity contribution is -0.141. The molecule has 1 atom stereocenters. The summed E-state index contributed by atoms with van der Waals surface area (Å²) in [4.78, 5) is 55.3. The predicted molar refractivity (Wildman–Crippen MR) is 107 cm³/mol. The van der Waals surface area contributed by atoms with Crippen molar-refractivity contribution < 1.29 is 24.3 Å². The lowest BCUT2D eigenvalue weighted by Crippen LogP contribution is -2.42. The van der Waals surface area contributed by atoms with Crippen LogP contribution in [0.2, 0.25) is 0 Å². The average Bonchev–Trinajstić information content (AvgIpc) is 3.24. The standard InChI is InChI=1S/C19H22N6O5/c1-11(17(28)29)9-21-15(26)10-25-16(27)14(24-19(25)30)7-4-8-20-18-22-12-5-2-3-6-13(12)23-18/h2-3,5-7,11H,4,8-10H2,1H3,(H,21,26)(H,24,30)(H,28,29)(H2,20,22,23)/b14-7-/t11-/m0/s1. The number of para-hydroxylation sites is 2. The Morgan fingerprint density at radius 3 is 2.80 bits per heavy atom. The molecule has 1 fully saturated rings. The Morgan fingerprint density at radius 2 is 2.07 bits per heavy atom. The molecule has 2 heterocycles. The number of rotatable bonds is 9. The zero-order valence-corrected chi connectivity index (χ0v) is 16.3. The van der Waals surface area contributed by atoms with Crippen LogP contribution in [0.5, 0.6) is 0 Å². The number of aromatic amines is 1. The topological polar surface area (TPSA) is 157 Å². The van der Waals surface area contributed by atoms with Crippen molar-refractivity contribution in [3.05, 3.63) is 36.0 Å². The van der Waals surface area contributed by atoms with E-state index in [1.807, 2.05) is 24.3 Å². The van der Waals surface area contributed by atoms with Crippen LogP contribution < -0.4 is 16.0 Å². The number of hydrogen-bond donors (Lipinski definition) is 5. The van der Waals surface area contributed by atoms with Crippen molar-refractivity contribution in [1.29, 1.82) is 0 Å². The summed E-state index contributed by atoms with van der Waals surface area (Å²) < 4.78 is 0. The fourth-order valence-corrected chi connectivity index (χ4v) is 2.75. The number of carboxylic acids is 1.